The lowest BCUT2D eigenvalue weighted by atomic mass is 10.1. The summed E-state index contributed by atoms with van der Waals surface area (Å²) in [5.74, 6) is -11.3. The van der Waals surface area contributed by atoms with Crippen molar-refractivity contribution in [3.05, 3.63) is 64.5 Å². The van der Waals surface area contributed by atoms with E-state index in [1.807, 2.05) is 0 Å². The van der Waals surface area contributed by atoms with E-state index >= 15 is 0 Å². The second kappa shape index (κ2) is 8.09. The van der Waals surface area contributed by atoms with E-state index in [0.717, 1.165) is 24.8 Å². The molecule has 0 heterocycles. The van der Waals surface area contributed by atoms with Crippen molar-refractivity contribution in [1.29, 1.82) is 0 Å². The molecule has 1 amide bonds. The van der Waals surface area contributed by atoms with Crippen LogP contribution in [0.1, 0.15) is 30.9 Å². The highest BCUT2D eigenvalue weighted by Gasteiger charge is 2.26. The minimum absolute atomic E-state index is 0.370. The van der Waals surface area contributed by atoms with E-state index in [2.05, 4.69) is 12.2 Å². The van der Waals surface area contributed by atoms with Gasteiger partial charge in [-0.2, -0.15) is 0 Å². The van der Waals surface area contributed by atoms with Gasteiger partial charge in [0.15, 0.2) is 23.3 Å². The second-order valence-corrected chi connectivity index (χ2v) is 5.57. The quantitative estimate of drug-likeness (QED) is 0.444. The van der Waals surface area contributed by atoms with E-state index in [4.69, 9.17) is 0 Å². The highest BCUT2D eigenvalue weighted by atomic mass is 19.2. The van der Waals surface area contributed by atoms with E-state index in [9.17, 15) is 26.7 Å². The van der Waals surface area contributed by atoms with Gasteiger partial charge in [-0.05, 0) is 30.5 Å². The van der Waals surface area contributed by atoms with Gasteiger partial charge in [0.2, 0.25) is 11.7 Å². The first kappa shape index (κ1) is 18.9. The third kappa shape index (κ3) is 4.35. The number of rotatable bonds is 6. The van der Waals surface area contributed by atoms with Crippen LogP contribution in [-0.2, 0) is 17.6 Å². The van der Waals surface area contributed by atoms with E-state index < -0.39 is 47.0 Å². The van der Waals surface area contributed by atoms with Gasteiger partial charge < -0.3 is 5.32 Å². The summed E-state index contributed by atoms with van der Waals surface area (Å²) in [7, 11) is 0. The molecule has 0 saturated heterocycles. The number of carbonyl (C=O) groups excluding carboxylic acids is 1. The molecule has 0 aliphatic carbocycles. The molecule has 0 fully saturated rings. The number of hydrogen-bond acceptors (Lipinski definition) is 1. The number of aryl methyl sites for hydroxylation is 1. The fraction of sp³-hybridized carbons (Fsp3) is 0.278. The van der Waals surface area contributed by atoms with Gasteiger partial charge in [0, 0.05) is 11.3 Å². The van der Waals surface area contributed by atoms with Crippen LogP contribution in [0.4, 0.5) is 27.6 Å². The predicted molar refractivity (Wildman–Crippen MR) is 83.6 cm³/mol. The van der Waals surface area contributed by atoms with Crippen molar-refractivity contribution in [2.45, 2.75) is 32.6 Å². The minimum Gasteiger partial charge on any atom is -0.326 e. The van der Waals surface area contributed by atoms with Crippen LogP contribution in [0, 0.1) is 29.1 Å². The molecule has 0 aromatic heterocycles. The number of nitrogens with one attached hydrogen (secondary N) is 1. The molecule has 0 atom stereocenters. The zero-order valence-electron chi connectivity index (χ0n) is 13.4. The van der Waals surface area contributed by atoms with Crippen molar-refractivity contribution in [1.82, 2.24) is 0 Å². The summed E-state index contributed by atoms with van der Waals surface area (Å²) in [5, 5.41) is 2.37. The standard InChI is InChI=1S/C18H16F5NO/c1-2-3-4-10-5-7-11(8-6-10)24-13(25)9-12-14(19)16(21)18(23)17(22)15(12)20/h5-8H,2-4,9H2,1H3,(H,24,25). The molecule has 0 spiro atoms. The first-order valence-electron chi connectivity index (χ1n) is 7.74. The van der Waals surface area contributed by atoms with Gasteiger partial charge in [0.05, 0.1) is 6.42 Å². The van der Waals surface area contributed by atoms with Gasteiger partial charge >= 0.3 is 0 Å². The maximum absolute atomic E-state index is 13.6. The Bertz CT molecular complexity index is 745. The molecule has 2 nitrogen and oxygen atoms in total. The van der Waals surface area contributed by atoms with Crippen molar-refractivity contribution in [2.24, 2.45) is 0 Å². The van der Waals surface area contributed by atoms with Crippen LogP contribution in [0.15, 0.2) is 24.3 Å². The van der Waals surface area contributed by atoms with Gasteiger partial charge in [0.1, 0.15) is 0 Å². The molecular formula is C18H16F5NO. The Balaban J connectivity index is 2.11. The molecule has 25 heavy (non-hydrogen) atoms. The number of hydrogen-bond donors (Lipinski definition) is 1. The van der Waals surface area contributed by atoms with Crippen LogP contribution >= 0.6 is 0 Å². The van der Waals surface area contributed by atoms with E-state index in [-0.39, 0.29) is 0 Å². The van der Waals surface area contributed by atoms with Gasteiger partial charge in [-0.3, -0.25) is 4.79 Å². The molecule has 1 N–H and O–H groups in total. The maximum atomic E-state index is 13.6. The van der Waals surface area contributed by atoms with Crippen LogP contribution < -0.4 is 5.32 Å². The molecule has 0 bridgehead atoms. The molecule has 2 aromatic rings. The van der Waals surface area contributed by atoms with E-state index in [1.165, 1.54) is 0 Å². The number of unbranched alkanes of at least 4 members (excludes halogenated alkanes) is 1. The lowest BCUT2D eigenvalue weighted by molar-refractivity contribution is -0.115. The van der Waals surface area contributed by atoms with E-state index in [0.29, 0.717) is 5.69 Å². The SMILES string of the molecule is CCCCc1ccc(NC(=O)Cc2c(F)c(F)c(F)c(F)c2F)cc1. The monoisotopic (exact) mass is 357 g/mol. The Morgan fingerprint density at radius 2 is 1.40 bits per heavy atom. The van der Waals surface area contributed by atoms with Crippen LogP contribution in [-0.4, -0.2) is 5.91 Å². The Morgan fingerprint density at radius 1 is 0.880 bits per heavy atom. The normalized spacial score (nSPS) is 10.8. The van der Waals surface area contributed by atoms with Crippen molar-refractivity contribution in [2.75, 3.05) is 5.32 Å². The number of anilines is 1. The largest absolute Gasteiger partial charge is 0.326 e. The Labute approximate surface area is 141 Å². The summed E-state index contributed by atoms with van der Waals surface area (Å²) in [5.41, 5.74) is 0.280. The average molecular weight is 357 g/mol. The molecule has 0 aliphatic heterocycles. The number of amides is 1. The Kier molecular flexibility index (Phi) is 6.12. The summed E-state index contributed by atoms with van der Waals surface area (Å²) < 4.78 is 66.4. The lowest BCUT2D eigenvalue weighted by Crippen LogP contribution is -2.18. The fourth-order valence-corrected chi connectivity index (χ4v) is 2.31. The predicted octanol–water partition coefficient (Wildman–Crippen LogP) is 4.91. The molecule has 0 radical (unpaired) electrons. The van der Waals surface area contributed by atoms with Gasteiger partial charge in [-0.25, -0.2) is 22.0 Å². The summed E-state index contributed by atoms with van der Waals surface area (Å²) in [4.78, 5) is 11.9. The molecule has 2 rings (SSSR count). The zero-order valence-corrected chi connectivity index (χ0v) is 13.4. The first-order valence-corrected chi connectivity index (χ1v) is 7.74. The molecule has 0 saturated carbocycles. The topological polar surface area (TPSA) is 29.1 Å². The maximum Gasteiger partial charge on any atom is 0.229 e. The highest BCUT2D eigenvalue weighted by molar-refractivity contribution is 5.92. The molecule has 7 heteroatoms. The summed E-state index contributed by atoms with van der Waals surface area (Å²) in [6, 6.07) is 6.82. The van der Waals surface area contributed by atoms with Crippen molar-refractivity contribution >= 4 is 11.6 Å². The van der Waals surface area contributed by atoms with Crippen molar-refractivity contribution < 1.29 is 26.7 Å². The Morgan fingerprint density at radius 3 is 1.92 bits per heavy atom. The fourth-order valence-electron chi connectivity index (χ4n) is 2.31. The smallest absolute Gasteiger partial charge is 0.229 e. The number of benzene rings is 2. The molecule has 0 aliphatic rings. The molecule has 134 valence electrons. The third-order valence-corrected chi connectivity index (χ3v) is 3.69. The zero-order chi connectivity index (χ0) is 18.6. The summed E-state index contributed by atoms with van der Waals surface area (Å²) in [6.45, 7) is 2.06. The Hall–Kier alpha value is -2.44. The van der Waals surface area contributed by atoms with Gasteiger partial charge in [-0.15, -0.1) is 0 Å². The number of carbonyl (C=O) groups is 1. The third-order valence-electron chi connectivity index (χ3n) is 3.69. The summed E-state index contributed by atoms with van der Waals surface area (Å²) in [6.07, 6.45) is 1.98. The van der Waals surface area contributed by atoms with Crippen LogP contribution in [0.5, 0.6) is 0 Å². The molecular weight excluding hydrogens is 341 g/mol. The van der Waals surface area contributed by atoms with Crippen molar-refractivity contribution in [3.63, 3.8) is 0 Å². The van der Waals surface area contributed by atoms with E-state index in [1.54, 1.807) is 24.3 Å². The van der Waals surface area contributed by atoms with Crippen LogP contribution in [0.3, 0.4) is 0 Å². The average Bonchev–Trinajstić information content (AvgIpc) is 2.61. The minimum atomic E-state index is -2.25. The first-order chi connectivity index (χ1) is 11.8. The number of halogens is 5. The molecule has 0 unspecified atom stereocenters. The van der Waals surface area contributed by atoms with Crippen molar-refractivity contribution in [3.8, 4) is 0 Å². The second-order valence-electron chi connectivity index (χ2n) is 5.57. The lowest BCUT2D eigenvalue weighted by Gasteiger charge is -2.09. The summed E-state index contributed by atoms with van der Waals surface area (Å²) >= 11 is 0. The van der Waals surface area contributed by atoms with Gasteiger partial charge in [-0.1, -0.05) is 25.5 Å². The van der Waals surface area contributed by atoms with Crippen LogP contribution in [0.2, 0.25) is 0 Å². The highest BCUT2D eigenvalue weighted by Crippen LogP contribution is 2.23. The molecule has 2 aromatic carbocycles. The van der Waals surface area contributed by atoms with Crippen LogP contribution in [0.25, 0.3) is 0 Å². The van der Waals surface area contributed by atoms with Gasteiger partial charge in [0.25, 0.3) is 0 Å².